The van der Waals surface area contributed by atoms with Gasteiger partial charge in [0.05, 0.1) is 0 Å². The van der Waals surface area contributed by atoms with E-state index in [1.165, 1.54) is 30.8 Å². The molecule has 0 aromatic carbocycles. The van der Waals surface area contributed by atoms with Gasteiger partial charge < -0.3 is 9.47 Å². The molecule has 0 unspecified atom stereocenters. The van der Waals surface area contributed by atoms with Gasteiger partial charge in [0.2, 0.25) is 0 Å². The predicted molar refractivity (Wildman–Crippen MR) is 92.1 cm³/mol. The molecule has 0 radical (unpaired) electrons. The Bertz CT molecular complexity index is 497. The molecule has 1 aromatic rings. The highest BCUT2D eigenvalue weighted by atomic mass is 15.3. The zero-order chi connectivity index (χ0) is 16.1. The van der Waals surface area contributed by atoms with Crippen molar-refractivity contribution in [2.45, 2.75) is 66.3 Å². The lowest BCUT2D eigenvalue weighted by atomic mass is 10.0. The van der Waals surface area contributed by atoms with E-state index in [9.17, 15) is 0 Å². The quantitative estimate of drug-likeness (QED) is 0.752. The lowest BCUT2D eigenvalue weighted by Gasteiger charge is -2.23. The fraction of sp³-hybridized carbons (Fsp3) is 0.778. The highest BCUT2D eigenvalue weighted by Gasteiger charge is 2.20. The van der Waals surface area contributed by atoms with Crippen molar-refractivity contribution >= 4 is 0 Å². The van der Waals surface area contributed by atoms with E-state index >= 15 is 0 Å². The van der Waals surface area contributed by atoms with E-state index in [4.69, 9.17) is 0 Å². The van der Waals surface area contributed by atoms with Crippen LogP contribution in [-0.4, -0.2) is 39.3 Å². The highest BCUT2D eigenvalue weighted by molar-refractivity contribution is 5.02. The number of rotatable bonds is 6. The first-order valence-electron chi connectivity index (χ1n) is 8.75. The van der Waals surface area contributed by atoms with Crippen molar-refractivity contribution in [2.75, 3.05) is 19.6 Å². The summed E-state index contributed by atoms with van der Waals surface area (Å²) in [5.74, 6) is 3.52. The molecule has 2 heterocycles. The molecule has 22 heavy (non-hydrogen) atoms. The van der Waals surface area contributed by atoms with Gasteiger partial charge in [0.15, 0.2) is 0 Å². The maximum absolute atomic E-state index is 4.40. The molecule has 0 saturated carbocycles. The molecule has 1 atom stereocenters. The van der Waals surface area contributed by atoms with E-state index in [2.05, 4.69) is 60.4 Å². The van der Waals surface area contributed by atoms with Gasteiger partial charge in [0.25, 0.3) is 0 Å². The summed E-state index contributed by atoms with van der Waals surface area (Å²) >= 11 is 0. The summed E-state index contributed by atoms with van der Waals surface area (Å²) in [6, 6.07) is 0. The Balaban J connectivity index is 1.86. The number of allylic oxidation sites excluding steroid dienone is 2. The molecule has 1 aromatic heterocycles. The van der Waals surface area contributed by atoms with E-state index in [0.29, 0.717) is 5.92 Å². The molecule has 1 aliphatic heterocycles. The van der Waals surface area contributed by atoms with E-state index < -0.39 is 0 Å². The number of hydrogen-bond acceptors (Lipinski definition) is 3. The van der Waals surface area contributed by atoms with E-state index in [1.54, 1.807) is 0 Å². The van der Waals surface area contributed by atoms with Gasteiger partial charge in [-0.25, -0.2) is 0 Å². The summed E-state index contributed by atoms with van der Waals surface area (Å²) < 4.78 is 2.35. The molecule has 1 aliphatic rings. The summed E-state index contributed by atoms with van der Waals surface area (Å²) in [4.78, 5) is 2.60. The average molecular weight is 304 g/mol. The fourth-order valence-corrected chi connectivity index (χ4v) is 3.19. The standard InChI is InChI=1S/C18H32N4/c1-14(2)7-6-8-16(5)13-21-10-9-17-19-20-18(15(3)4)22(17)12-11-21/h7,15-16H,6,8-13H2,1-5H3/t16-/m1/s1. The monoisotopic (exact) mass is 304 g/mol. The molecule has 0 bridgehead atoms. The molecule has 4 heteroatoms. The Kier molecular flexibility index (Phi) is 6.18. The van der Waals surface area contributed by atoms with Gasteiger partial charge in [0.1, 0.15) is 11.6 Å². The van der Waals surface area contributed by atoms with Crippen LogP contribution in [0.15, 0.2) is 11.6 Å². The molecule has 2 rings (SSSR count). The van der Waals surface area contributed by atoms with E-state index in [0.717, 1.165) is 37.8 Å². The van der Waals surface area contributed by atoms with E-state index in [1.807, 2.05) is 0 Å². The van der Waals surface area contributed by atoms with Crippen LogP contribution in [0, 0.1) is 5.92 Å². The lowest BCUT2D eigenvalue weighted by molar-refractivity contribution is 0.236. The summed E-state index contributed by atoms with van der Waals surface area (Å²) in [7, 11) is 0. The van der Waals surface area contributed by atoms with Crippen LogP contribution in [-0.2, 0) is 13.0 Å². The van der Waals surface area contributed by atoms with Crippen molar-refractivity contribution in [2.24, 2.45) is 5.92 Å². The van der Waals surface area contributed by atoms with Crippen LogP contribution in [0.1, 0.15) is 65.0 Å². The molecule has 0 amide bonds. The van der Waals surface area contributed by atoms with Crippen LogP contribution in [0.2, 0.25) is 0 Å². The van der Waals surface area contributed by atoms with E-state index in [-0.39, 0.29) is 0 Å². The Morgan fingerprint density at radius 1 is 1.14 bits per heavy atom. The molecule has 4 nitrogen and oxygen atoms in total. The largest absolute Gasteiger partial charge is 0.313 e. The predicted octanol–water partition coefficient (Wildman–Crippen LogP) is 3.64. The molecule has 124 valence electrons. The smallest absolute Gasteiger partial charge is 0.135 e. The summed E-state index contributed by atoms with van der Waals surface area (Å²) in [5.41, 5.74) is 1.43. The van der Waals surface area contributed by atoms with Crippen molar-refractivity contribution in [1.29, 1.82) is 0 Å². The van der Waals surface area contributed by atoms with Crippen LogP contribution in [0.25, 0.3) is 0 Å². The average Bonchev–Trinajstić information content (AvgIpc) is 2.75. The van der Waals surface area contributed by atoms with Gasteiger partial charge in [-0.3, -0.25) is 0 Å². The van der Waals surface area contributed by atoms with Crippen molar-refractivity contribution < 1.29 is 0 Å². The maximum atomic E-state index is 4.40. The number of hydrogen-bond donors (Lipinski definition) is 0. The molecular formula is C18H32N4. The fourth-order valence-electron chi connectivity index (χ4n) is 3.19. The summed E-state index contributed by atoms with van der Waals surface area (Å²) in [5, 5.41) is 8.77. The van der Waals surface area contributed by atoms with Crippen LogP contribution >= 0.6 is 0 Å². The molecule has 0 fully saturated rings. The Morgan fingerprint density at radius 2 is 1.91 bits per heavy atom. The first-order valence-corrected chi connectivity index (χ1v) is 8.75. The minimum Gasteiger partial charge on any atom is -0.313 e. The van der Waals surface area contributed by atoms with Crippen LogP contribution in [0.5, 0.6) is 0 Å². The summed E-state index contributed by atoms with van der Waals surface area (Å²) in [6.07, 6.45) is 5.88. The van der Waals surface area contributed by atoms with Gasteiger partial charge in [-0.15, -0.1) is 10.2 Å². The lowest BCUT2D eigenvalue weighted by Crippen LogP contribution is -2.31. The number of fused-ring (bicyclic) bond motifs is 1. The van der Waals surface area contributed by atoms with Crippen molar-refractivity contribution in [3.05, 3.63) is 23.3 Å². The summed E-state index contributed by atoms with van der Waals surface area (Å²) in [6.45, 7) is 15.6. The van der Waals surface area contributed by atoms with Crippen molar-refractivity contribution in [3.8, 4) is 0 Å². The third-order valence-corrected chi connectivity index (χ3v) is 4.45. The molecule has 0 N–H and O–H groups in total. The van der Waals surface area contributed by atoms with Crippen LogP contribution < -0.4 is 0 Å². The molecule has 0 saturated heterocycles. The topological polar surface area (TPSA) is 34.0 Å². The first kappa shape index (κ1) is 17.2. The highest BCUT2D eigenvalue weighted by Crippen LogP contribution is 2.17. The second kappa shape index (κ2) is 7.91. The minimum absolute atomic E-state index is 0.454. The second-order valence-electron chi connectivity index (χ2n) is 7.30. The Morgan fingerprint density at radius 3 is 2.59 bits per heavy atom. The zero-order valence-electron chi connectivity index (χ0n) is 15.0. The number of aromatic nitrogens is 3. The van der Waals surface area contributed by atoms with Crippen molar-refractivity contribution in [3.63, 3.8) is 0 Å². The second-order valence-corrected chi connectivity index (χ2v) is 7.30. The SMILES string of the molecule is CC(C)=CCC[C@@H](C)CN1CCc2nnc(C(C)C)n2CC1. The van der Waals surface area contributed by atoms with Gasteiger partial charge in [-0.2, -0.15) is 0 Å². The van der Waals surface area contributed by atoms with Gasteiger partial charge >= 0.3 is 0 Å². The third-order valence-electron chi connectivity index (χ3n) is 4.45. The number of nitrogens with zero attached hydrogens (tertiary/aromatic N) is 4. The van der Waals surface area contributed by atoms with Gasteiger partial charge in [-0.05, 0) is 32.6 Å². The Hall–Kier alpha value is -1.16. The molecule has 0 spiro atoms. The Labute approximate surface area is 135 Å². The first-order chi connectivity index (χ1) is 10.5. The third kappa shape index (κ3) is 4.67. The molecule has 0 aliphatic carbocycles. The normalized spacial score (nSPS) is 17.2. The molecular weight excluding hydrogens is 272 g/mol. The van der Waals surface area contributed by atoms with Gasteiger partial charge in [-0.1, -0.05) is 32.4 Å². The minimum atomic E-state index is 0.454. The van der Waals surface area contributed by atoms with Crippen LogP contribution in [0.4, 0.5) is 0 Å². The van der Waals surface area contributed by atoms with Gasteiger partial charge in [0, 0.05) is 38.5 Å². The zero-order valence-corrected chi connectivity index (χ0v) is 15.0. The maximum Gasteiger partial charge on any atom is 0.135 e. The van der Waals surface area contributed by atoms with Crippen molar-refractivity contribution in [1.82, 2.24) is 19.7 Å². The van der Waals surface area contributed by atoms with Crippen LogP contribution in [0.3, 0.4) is 0 Å².